The molecule has 0 bridgehead atoms. The predicted octanol–water partition coefficient (Wildman–Crippen LogP) is 17.4. The van der Waals surface area contributed by atoms with E-state index in [1.165, 1.54) is 28.8 Å². The third kappa shape index (κ3) is 24.4. The molecule has 0 unspecified atom stereocenters. The van der Waals surface area contributed by atoms with Crippen molar-refractivity contribution in [2.24, 2.45) is 5.10 Å². The van der Waals surface area contributed by atoms with E-state index in [0.717, 1.165) is 80.3 Å². The van der Waals surface area contributed by atoms with Crippen molar-refractivity contribution in [1.29, 1.82) is 0 Å². The van der Waals surface area contributed by atoms with E-state index in [4.69, 9.17) is 38.2 Å². The first-order valence-corrected chi connectivity index (χ1v) is 35.5. The molecule has 0 saturated heterocycles. The number of rotatable bonds is 23. The van der Waals surface area contributed by atoms with Crippen LogP contribution in [0.25, 0.3) is 45.4 Å². The van der Waals surface area contributed by atoms with Gasteiger partial charge in [-0.15, -0.1) is 11.3 Å². The summed E-state index contributed by atoms with van der Waals surface area (Å²) in [6, 6.07) is 60.6. The highest BCUT2D eigenvalue weighted by Gasteiger charge is 2.17. The molecule has 12 rings (SSSR count). The minimum absolute atomic E-state index is 0. The Hall–Kier alpha value is -11.0. The zero-order valence-corrected chi connectivity index (χ0v) is 61.3. The molecule has 6 heterocycles. The number of aryl methyl sites for hydroxylation is 2. The fourth-order valence-corrected chi connectivity index (χ4v) is 11.4. The number of pyridine rings is 2. The molecule has 530 valence electrons. The number of benzene rings is 6. The summed E-state index contributed by atoms with van der Waals surface area (Å²) in [7, 11) is 0. The molecular formula is C78H82BrN15O6S3. The van der Waals surface area contributed by atoms with Gasteiger partial charge in [-0.3, -0.25) is 29.7 Å². The van der Waals surface area contributed by atoms with Crippen LogP contribution in [0.2, 0.25) is 0 Å². The van der Waals surface area contributed by atoms with Gasteiger partial charge in [0, 0.05) is 101 Å². The zero-order valence-electron chi connectivity index (χ0n) is 57.3. The molecule has 25 heteroatoms. The number of thiazole rings is 1. The van der Waals surface area contributed by atoms with Gasteiger partial charge in [-0.2, -0.15) is 19.9 Å². The molecule has 6 aromatic heterocycles. The smallest absolute Gasteiger partial charge is 0.258 e. The summed E-state index contributed by atoms with van der Waals surface area (Å²) in [5.74, 6) is 2.83. The van der Waals surface area contributed by atoms with Crippen molar-refractivity contribution in [3.05, 3.63) is 261 Å². The number of amides is 3. The largest absolute Gasteiger partial charge is 0.494 e. The Kier molecular flexibility index (Phi) is 30.1. The number of aromatic nitrogens is 9. The maximum Gasteiger partial charge on any atom is 0.258 e. The van der Waals surface area contributed by atoms with Crippen molar-refractivity contribution in [1.82, 2.24) is 55.8 Å². The Morgan fingerprint density at radius 2 is 1.42 bits per heavy atom. The minimum Gasteiger partial charge on any atom is -0.494 e. The number of hydrogen-bond donors (Lipinski definition) is 5. The molecule has 21 nitrogen and oxygen atoms in total. The second kappa shape index (κ2) is 39.9. The second-order valence-corrected chi connectivity index (χ2v) is 26.1. The van der Waals surface area contributed by atoms with Crippen LogP contribution in [0.15, 0.2) is 237 Å². The average molecular weight is 1500 g/mol. The Bertz CT molecular complexity index is 4680. The van der Waals surface area contributed by atoms with Gasteiger partial charge in [0.25, 0.3) is 5.91 Å². The van der Waals surface area contributed by atoms with Crippen molar-refractivity contribution in [2.45, 2.75) is 93.0 Å². The molecule has 6 aromatic carbocycles. The van der Waals surface area contributed by atoms with Gasteiger partial charge in [0.05, 0.1) is 41.7 Å². The van der Waals surface area contributed by atoms with Crippen LogP contribution < -0.4 is 30.9 Å². The van der Waals surface area contributed by atoms with Crippen LogP contribution in [0.5, 0.6) is 5.75 Å². The van der Waals surface area contributed by atoms with Gasteiger partial charge in [0.15, 0.2) is 21.8 Å². The van der Waals surface area contributed by atoms with E-state index in [0.29, 0.717) is 71.1 Å². The van der Waals surface area contributed by atoms with Crippen LogP contribution in [-0.2, 0) is 34.4 Å². The summed E-state index contributed by atoms with van der Waals surface area (Å²) in [5, 5.41) is 33.8. The molecule has 0 aliphatic rings. The highest BCUT2D eigenvalue weighted by molar-refractivity contribution is 9.10. The van der Waals surface area contributed by atoms with Crippen molar-refractivity contribution in [3.63, 3.8) is 0 Å². The van der Waals surface area contributed by atoms with E-state index >= 15 is 0 Å². The molecular weight excluding hydrogens is 1420 g/mol. The standard InChI is InChI=1S/C22H24N2O3.C20H22N4O2.C19H20BrN5S.C16H12N4OS2.CH4/c1-2-26-20-13-11-18(12-14-20)21-15-19(24-27-21)9-6-10-22(25)23-16-17-7-4-3-5-8-17;1-20(2,3)15-8-6-14(7-9-15)19-23-18(26-24-19)11-10-17(25)22-16-5-4-12-21-13-16;1-3-24(4-2)15-11-9-14(10-12-15)13-21-25-18(22-23-19(25)26)16-7-5-6-8-17(16)20;21-14(12-7-4-8-17-9-12)19-15(22)20-16-18-13(10-23-16)11-5-2-1-3-6-11;/h3-5,7-8,11-15H,2,6,9-10,16H2,1H3,(H,23,25);4-9,12-13H,10-11H2,1-3H3,(H,22,25);5-13H,3-4H2,1-2H3,(H,23,26);1-10H,(H2,18,19,20,21,22);1H4. The predicted molar refractivity (Wildman–Crippen MR) is 420 cm³/mol. The number of anilines is 3. The molecule has 3 amide bonds. The van der Waals surface area contributed by atoms with E-state index in [1.807, 2.05) is 140 Å². The van der Waals surface area contributed by atoms with Crippen molar-refractivity contribution in [3.8, 4) is 51.1 Å². The summed E-state index contributed by atoms with van der Waals surface area (Å²) in [6.07, 6.45) is 10.7. The number of H-pyrrole nitrogens is 1. The lowest BCUT2D eigenvalue weighted by atomic mass is 9.87. The van der Waals surface area contributed by atoms with Gasteiger partial charge in [0.2, 0.25) is 28.3 Å². The lowest BCUT2D eigenvalue weighted by Gasteiger charge is -2.20. The van der Waals surface area contributed by atoms with E-state index in [9.17, 15) is 14.4 Å². The van der Waals surface area contributed by atoms with Crippen LogP contribution in [0, 0.1) is 4.77 Å². The zero-order chi connectivity index (χ0) is 72.1. The van der Waals surface area contributed by atoms with E-state index < -0.39 is 0 Å². The van der Waals surface area contributed by atoms with E-state index in [-0.39, 0.29) is 42.1 Å². The SMILES string of the molecule is C.CC(C)(C)c1ccc(-c2noc(CCC(=O)Nc3cccnc3)n2)cc1.CCN(CC)c1ccc(C=Nn2c(-c3ccccc3Br)n[nH]c2=S)cc1.CCOc1ccc(-c2cc(CCCC(=O)NCc3ccccc3)no2)cc1.O=C(NC(=S)Nc1nc(-c2ccccc2)cs1)c1cccnc1. The first-order chi connectivity index (χ1) is 49.5. The van der Waals surface area contributed by atoms with E-state index in [2.05, 4.69) is 159 Å². The summed E-state index contributed by atoms with van der Waals surface area (Å²) in [5.41, 5.74) is 11.3. The monoisotopic (exact) mass is 1500 g/mol. The molecule has 0 fully saturated rings. The minimum atomic E-state index is -0.310. The van der Waals surface area contributed by atoms with Crippen LogP contribution in [0.4, 0.5) is 16.5 Å². The summed E-state index contributed by atoms with van der Waals surface area (Å²) >= 11 is 15.4. The Morgan fingerprint density at radius 3 is 2.09 bits per heavy atom. The molecule has 0 saturated carbocycles. The van der Waals surface area contributed by atoms with Crippen molar-refractivity contribution in [2.75, 3.05) is 35.2 Å². The van der Waals surface area contributed by atoms with Gasteiger partial charge in [-0.1, -0.05) is 164 Å². The highest BCUT2D eigenvalue weighted by atomic mass is 79.9. The lowest BCUT2D eigenvalue weighted by Crippen LogP contribution is -2.34. The van der Waals surface area contributed by atoms with Crippen LogP contribution in [0.3, 0.4) is 0 Å². The third-order valence-electron chi connectivity index (χ3n) is 15.2. The number of nitrogens with one attached hydrogen (secondary N) is 5. The average Bonchev–Trinajstić information content (AvgIpc) is 1.71. The number of carbonyl (C=O) groups is 3. The highest BCUT2D eigenvalue weighted by Crippen LogP contribution is 2.29. The normalized spacial score (nSPS) is 10.7. The van der Waals surface area contributed by atoms with E-state index in [1.54, 1.807) is 53.7 Å². The summed E-state index contributed by atoms with van der Waals surface area (Å²) in [6.45, 7) is 16.0. The van der Waals surface area contributed by atoms with Gasteiger partial charge in [-0.25, -0.2) is 10.1 Å². The number of hydrogen-bond acceptors (Lipinski definition) is 18. The number of aromatic amines is 1. The Morgan fingerprint density at radius 1 is 0.728 bits per heavy atom. The number of halogens is 1. The summed E-state index contributed by atoms with van der Waals surface area (Å²) in [4.78, 5) is 54.9. The fourth-order valence-electron chi connectivity index (χ4n) is 9.81. The van der Waals surface area contributed by atoms with Gasteiger partial charge in [0.1, 0.15) is 5.75 Å². The molecule has 0 atom stereocenters. The summed E-state index contributed by atoms with van der Waals surface area (Å²) < 4.78 is 19.1. The third-order valence-corrected chi connectivity index (χ3v) is 17.1. The van der Waals surface area contributed by atoms with Gasteiger partial charge in [-0.05, 0) is 153 Å². The van der Waals surface area contributed by atoms with Crippen molar-refractivity contribution < 1.29 is 28.2 Å². The fraction of sp³-hybridized carbons (Fsp3) is 0.218. The molecule has 0 spiro atoms. The van der Waals surface area contributed by atoms with Crippen LogP contribution in [0.1, 0.15) is 107 Å². The Balaban J connectivity index is 0.000000174. The number of ether oxygens (including phenoxy) is 1. The maximum absolute atomic E-state index is 12.0. The quantitative estimate of drug-likeness (QED) is 0.0294. The molecule has 12 aromatic rings. The first-order valence-electron chi connectivity index (χ1n) is 33.0. The first kappa shape index (κ1) is 77.7. The molecule has 0 radical (unpaired) electrons. The maximum atomic E-state index is 12.0. The topological polar surface area (TPSA) is 261 Å². The molecule has 0 aliphatic carbocycles. The van der Waals surface area contributed by atoms with Gasteiger partial charge >= 0.3 is 0 Å². The molecule has 5 N–H and O–H groups in total. The lowest BCUT2D eigenvalue weighted by molar-refractivity contribution is -0.121. The van der Waals surface area contributed by atoms with Crippen LogP contribution in [-0.4, -0.2) is 93.9 Å². The number of carbonyl (C=O) groups excluding carboxylic acids is 3. The molecule has 103 heavy (non-hydrogen) atoms. The van der Waals surface area contributed by atoms with Crippen molar-refractivity contribution >= 4 is 97.3 Å². The number of nitrogens with zero attached hydrogens (tertiary/aromatic N) is 10. The molecule has 0 aliphatic heterocycles. The van der Waals surface area contributed by atoms with Gasteiger partial charge < -0.3 is 34.6 Å². The second-order valence-electron chi connectivity index (χ2n) is 23.6. The van der Waals surface area contributed by atoms with Crippen LogP contribution >= 0.6 is 51.7 Å². The number of thiocarbonyl (C=S) groups is 1. The Labute approximate surface area is 622 Å².